The Morgan fingerprint density at radius 1 is 1.19 bits per heavy atom. The van der Waals surface area contributed by atoms with E-state index in [9.17, 15) is 4.79 Å². The van der Waals surface area contributed by atoms with Crippen LogP contribution in [0.5, 0.6) is 0 Å². The number of carbonyl (C=O) groups is 1. The van der Waals surface area contributed by atoms with Crippen molar-refractivity contribution in [1.82, 2.24) is 20.9 Å². The Bertz CT molecular complexity index is 899. The molecule has 0 spiro atoms. The first-order valence-electron chi connectivity index (χ1n) is 10.7. The number of halogens is 1. The van der Waals surface area contributed by atoms with E-state index in [-0.39, 0.29) is 5.91 Å². The van der Waals surface area contributed by atoms with Gasteiger partial charge in [0.25, 0.3) is 5.91 Å². The molecule has 6 nitrogen and oxygen atoms in total. The van der Waals surface area contributed by atoms with Crippen molar-refractivity contribution in [1.29, 1.82) is 0 Å². The van der Waals surface area contributed by atoms with Crippen molar-refractivity contribution >= 4 is 23.5 Å². The van der Waals surface area contributed by atoms with Gasteiger partial charge in [-0.15, -0.1) is 0 Å². The number of hydrogen-bond acceptors (Lipinski definition) is 3. The van der Waals surface area contributed by atoms with Crippen LogP contribution in [0.1, 0.15) is 40.4 Å². The number of rotatable bonds is 6. The summed E-state index contributed by atoms with van der Waals surface area (Å²) in [4.78, 5) is 18.5. The topological polar surface area (TPSA) is 68.8 Å². The Balaban J connectivity index is 1.58. The summed E-state index contributed by atoms with van der Waals surface area (Å²) in [5.74, 6) is 1.15. The molecule has 1 heterocycles. The van der Waals surface area contributed by atoms with E-state index in [2.05, 4.69) is 45.0 Å². The summed E-state index contributed by atoms with van der Waals surface area (Å²) >= 11 is 6.26. The van der Waals surface area contributed by atoms with E-state index in [0.29, 0.717) is 24.1 Å². The van der Waals surface area contributed by atoms with Crippen LogP contribution in [0.15, 0.2) is 53.5 Å². The van der Waals surface area contributed by atoms with E-state index in [1.165, 1.54) is 12.0 Å². The van der Waals surface area contributed by atoms with E-state index < -0.39 is 0 Å². The van der Waals surface area contributed by atoms with Crippen molar-refractivity contribution in [3.63, 3.8) is 0 Å². The summed E-state index contributed by atoms with van der Waals surface area (Å²) < 4.78 is 0. The summed E-state index contributed by atoms with van der Waals surface area (Å²) in [6.07, 6.45) is 2.34. The van der Waals surface area contributed by atoms with Gasteiger partial charge in [0.05, 0.1) is 0 Å². The molecule has 3 rings (SSSR count). The van der Waals surface area contributed by atoms with Gasteiger partial charge in [-0.1, -0.05) is 35.9 Å². The fraction of sp³-hybridized carbons (Fsp3) is 0.417. The zero-order valence-electron chi connectivity index (χ0n) is 18.5. The van der Waals surface area contributed by atoms with Gasteiger partial charge in [-0.3, -0.25) is 14.7 Å². The van der Waals surface area contributed by atoms with Crippen molar-refractivity contribution in [2.24, 2.45) is 10.9 Å². The van der Waals surface area contributed by atoms with E-state index in [1.54, 1.807) is 14.1 Å². The number of likely N-dealkylation sites (tertiary alicyclic amines) is 1. The summed E-state index contributed by atoms with van der Waals surface area (Å²) in [5.41, 5.74) is 3.01. The average Bonchev–Trinajstić information content (AvgIpc) is 2.79. The van der Waals surface area contributed by atoms with Crippen LogP contribution < -0.4 is 16.0 Å². The van der Waals surface area contributed by atoms with Crippen LogP contribution in [-0.2, 0) is 6.54 Å². The molecular weight excluding hydrogens is 410 g/mol. The molecule has 2 aromatic carbocycles. The summed E-state index contributed by atoms with van der Waals surface area (Å²) in [7, 11) is 5.60. The van der Waals surface area contributed by atoms with Crippen LogP contribution in [0.2, 0.25) is 5.02 Å². The molecule has 2 unspecified atom stereocenters. The fourth-order valence-electron chi connectivity index (χ4n) is 4.24. The Morgan fingerprint density at radius 3 is 2.65 bits per heavy atom. The van der Waals surface area contributed by atoms with Gasteiger partial charge in [-0.25, -0.2) is 0 Å². The first kappa shape index (κ1) is 23.1. The molecule has 1 saturated heterocycles. The first-order valence-corrected chi connectivity index (χ1v) is 11.1. The molecule has 2 atom stereocenters. The molecule has 0 aliphatic carbocycles. The molecule has 1 aliphatic heterocycles. The van der Waals surface area contributed by atoms with Crippen molar-refractivity contribution in [3.8, 4) is 0 Å². The lowest BCUT2D eigenvalue weighted by Gasteiger charge is -2.40. The molecule has 7 heteroatoms. The lowest BCUT2D eigenvalue weighted by molar-refractivity contribution is 0.0963. The van der Waals surface area contributed by atoms with Gasteiger partial charge in [0.2, 0.25) is 0 Å². The molecule has 0 saturated carbocycles. The summed E-state index contributed by atoms with van der Waals surface area (Å²) in [6, 6.07) is 16.1. The highest BCUT2D eigenvalue weighted by Crippen LogP contribution is 2.35. The quantitative estimate of drug-likeness (QED) is 0.474. The highest BCUT2D eigenvalue weighted by Gasteiger charge is 2.30. The smallest absolute Gasteiger partial charge is 0.251 e. The number of carbonyl (C=O) groups excluding carboxylic acids is 1. The molecule has 0 bridgehead atoms. The van der Waals surface area contributed by atoms with E-state index in [1.807, 2.05) is 36.4 Å². The minimum Gasteiger partial charge on any atom is -0.356 e. The predicted molar refractivity (Wildman–Crippen MR) is 128 cm³/mol. The van der Waals surface area contributed by atoms with Crippen LogP contribution in [0, 0.1) is 5.92 Å². The third-order valence-corrected chi connectivity index (χ3v) is 6.09. The first-order chi connectivity index (χ1) is 15.0. The lowest BCUT2D eigenvalue weighted by atomic mass is 9.85. The minimum atomic E-state index is -0.0799. The average molecular weight is 442 g/mol. The summed E-state index contributed by atoms with van der Waals surface area (Å²) in [5, 5.41) is 10.3. The van der Waals surface area contributed by atoms with Crippen molar-refractivity contribution in [3.05, 3.63) is 70.2 Å². The van der Waals surface area contributed by atoms with Crippen LogP contribution >= 0.6 is 11.6 Å². The normalized spacial score (nSPS) is 19.7. The van der Waals surface area contributed by atoms with Crippen molar-refractivity contribution in [2.75, 3.05) is 34.2 Å². The summed E-state index contributed by atoms with van der Waals surface area (Å²) in [6.45, 7) is 2.56. The van der Waals surface area contributed by atoms with Gasteiger partial charge in [-0.05, 0) is 67.7 Å². The van der Waals surface area contributed by atoms with Crippen molar-refractivity contribution in [2.45, 2.75) is 25.4 Å². The Hall–Kier alpha value is -2.57. The molecule has 31 heavy (non-hydrogen) atoms. The molecule has 166 valence electrons. The largest absolute Gasteiger partial charge is 0.356 e. The standard InChI is InChI=1S/C24H32ClN5O/c1-26-23(31)18-11-9-17(10-12-18)15-28-24(27-2)29-16-20-7-5-13-30(3)22(20)19-6-4-8-21(25)14-19/h4,6,8-12,14,20,22H,5,7,13,15-16H2,1-3H3,(H,26,31)(H2,27,28,29). The van der Waals surface area contributed by atoms with Gasteiger partial charge >= 0.3 is 0 Å². The predicted octanol–water partition coefficient (Wildman–Crippen LogP) is 3.45. The zero-order valence-corrected chi connectivity index (χ0v) is 19.2. The van der Waals surface area contributed by atoms with Crippen molar-refractivity contribution < 1.29 is 4.79 Å². The van der Waals surface area contributed by atoms with Gasteiger partial charge in [0.1, 0.15) is 0 Å². The van der Waals surface area contributed by atoms with Gasteiger partial charge < -0.3 is 16.0 Å². The molecule has 0 aromatic heterocycles. The maximum atomic E-state index is 11.7. The zero-order chi connectivity index (χ0) is 22.2. The second kappa shape index (κ2) is 11.2. The monoisotopic (exact) mass is 441 g/mol. The third kappa shape index (κ3) is 6.21. The highest BCUT2D eigenvalue weighted by molar-refractivity contribution is 6.30. The second-order valence-electron chi connectivity index (χ2n) is 7.97. The second-order valence-corrected chi connectivity index (χ2v) is 8.40. The third-order valence-electron chi connectivity index (χ3n) is 5.86. The molecule has 1 aliphatic rings. The molecular formula is C24H32ClN5O. The van der Waals surface area contributed by atoms with Crippen LogP contribution in [0.3, 0.4) is 0 Å². The minimum absolute atomic E-state index is 0.0799. The number of benzene rings is 2. The fourth-order valence-corrected chi connectivity index (χ4v) is 4.44. The molecule has 2 aromatic rings. The molecule has 1 amide bonds. The SMILES string of the molecule is CN=C(NCc1ccc(C(=O)NC)cc1)NCC1CCCN(C)C1c1cccc(Cl)c1. The van der Waals surface area contributed by atoms with Gasteiger partial charge in [0.15, 0.2) is 5.96 Å². The lowest BCUT2D eigenvalue weighted by Crippen LogP contribution is -2.44. The number of aliphatic imine (C=N–C) groups is 1. The Morgan fingerprint density at radius 2 is 1.97 bits per heavy atom. The van der Waals surface area contributed by atoms with E-state index >= 15 is 0 Å². The number of nitrogens with zero attached hydrogens (tertiary/aromatic N) is 2. The number of amides is 1. The van der Waals surface area contributed by atoms with E-state index in [4.69, 9.17) is 11.6 Å². The number of guanidine groups is 1. The Labute approximate surface area is 190 Å². The van der Waals surface area contributed by atoms with E-state index in [0.717, 1.165) is 36.1 Å². The maximum Gasteiger partial charge on any atom is 0.251 e. The van der Waals surface area contributed by atoms with Crippen LogP contribution in [0.25, 0.3) is 0 Å². The van der Waals surface area contributed by atoms with Gasteiger partial charge in [0, 0.05) is 43.8 Å². The highest BCUT2D eigenvalue weighted by atomic mass is 35.5. The van der Waals surface area contributed by atoms with Gasteiger partial charge in [-0.2, -0.15) is 0 Å². The van der Waals surface area contributed by atoms with Crippen LogP contribution in [-0.4, -0.2) is 51.0 Å². The molecule has 1 fully saturated rings. The maximum absolute atomic E-state index is 11.7. The Kier molecular flexibility index (Phi) is 8.32. The van der Waals surface area contributed by atoms with Crippen LogP contribution in [0.4, 0.5) is 0 Å². The molecule has 0 radical (unpaired) electrons. The number of piperidine rings is 1. The number of hydrogen-bond donors (Lipinski definition) is 3. The molecule has 3 N–H and O–H groups in total. The number of nitrogens with one attached hydrogen (secondary N) is 3.